The first-order chi connectivity index (χ1) is 14.3. The van der Waals surface area contributed by atoms with Crippen LogP contribution in [0.5, 0.6) is 0 Å². The van der Waals surface area contributed by atoms with Crippen LogP contribution in [0.1, 0.15) is 61.1 Å². The Kier molecular flexibility index (Phi) is 7.14. The summed E-state index contributed by atoms with van der Waals surface area (Å²) in [5.41, 5.74) is 3.69. The molecule has 1 fully saturated rings. The van der Waals surface area contributed by atoms with Crippen molar-refractivity contribution in [1.29, 1.82) is 0 Å². The van der Waals surface area contributed by atoms with E-state index in [1.165, 1.54) is 11.1 Å². The van der Waals surface area contributed by atoms with Crippen molar-refractivity contribution in [3.8, 4) is 0 Å². The molecule has 2 aromatic carbocycles. The minimum absolute atomic E-state index is 0.0698. The van der Waals surface area contributed by atoms with Crippen LogP contribution in [0.4, 0.5) is 10.5 Å². The molecule has 2 atom stereocenters. The van der Waals surface area contributed by atoms with E-state index in [0.29, 0.717) is 29.6 Å². The van der Waals surface area contributed by atoms with Crippen LogP contribution in [0, 0.1) is 18.8 Å². The van der Waals surface area contributed by atoms with Crippen LogP contribution in [0.25, 0.3) is 0 Å². The van der Waals surface area contributed by atoms with Crippen LogP contribution in [0.3, 0.4) is 0 Å². The van der Waals surface area contributed by atoms with E-state index < -0.39 is 0 Å². The summed E-state index contributed by atoms with van der Waals surface area (Å²) in [4.78, 5) is 27.2. The average Bonchev–Trinajstić information content (AvgIpc) is 2.73. The van der Waals surface area contributed by atoms with Gasteiger partial charge in [0.25, 0.3) is 5.91 Å². The van der Waals surface area contributed by atoms with Crippen molar-refractivity contribution in [2.24, 2.45) is 11.8 Å². The number of likely N-dealkylation sites (tertiary alicyclic amines) is 1. The molecule has 0 aromatic heterocycles. The number of benzene rings is 2. The number of hydrogen-bond donors (Lipinski definition) is 2. The molecule has 1 aliphatic rings. The number of nitrogens with one attached hydrogen (secondary N) is 2. The molecule has 0 spiro atoms. The topological polar surface area (TPSA) is 61.4 Å². The minimum Gasteiger partial charge on any atom is -0.352 e. The zero-order chi connectivity index (χ0) is 21.7. The van der Waals surface area contributed by atoms with Crippen LogP contribution < -0.4 is 10.6 Å². The number of piperidine rings is 1. The Morgan fingerprint density at radius 2 is 1.73 bits per heavy atom. The summed E-state index contributed by atoms with van der Waals surface area (Å²) >= 11 is 0. The molecule has 5 nitrogen and oxygen atoms in total. The van der Waals surface area contributed by atoms with Crippen molar-refractivity contribution in [2.45, 2.75) is 46.6 Å². The fraction of sp³-hybridized carbons (Fsp3) is 0.440. The number of carbonyl (C=O) groups excluding carboxylic acids is 2. The van der Waals surface area contributed by atoms with Crippen molar-refractivity contribution in [3.05, 3.63) is 65.2 Å². The fourth-order valence-corrected chi connectivity index (χ4v) is 3.99. The van der Waals surface area contributed by atoms with Crippen molar-refractivity contribution in [2.75, 3.05) is 18.4 Å². The van der Waals surface area contributed by atoms with Crippen molar-refractivity contribution in [1.82, 2.24) is 10.2 Å². The SMILES string of the molecule is Cc1ccc(C2C(C)CCCN2C(=O)Nc2ccc(C(=O)NCC(C)C)cc2)cc1. The zero-order valence-corrected chi connectivity index (χ0v) is 18.4. The standard InChI is InChI=1S/C25H33N3O2/c1-17(2)16-26-24(29)21-11-13-22(14-12-21)27-25(30)28-15-5-6-19(4)23(28)20-9-7-18(3)8-10-20/h7-14,17,19,23H,5-6,15-16H2,1-4H3,(H,26,29)(H,27,30). The lowest BCUT2D eigenvalue weighted by atomic mass is 9.86. The molecular weight excluding hydrogens is 374 g/mol. The normalized spacial score (nSPS) is 18.9. The third-order valence-corrected chi connectivity index (χ3v) is 5.68. The van der Waals surface area contributed by atoms with E-state index in [0.717, 1.165) is 19.4 Å². The van der Waals surface area contributed by atoms with Gasteiger partial charge in [0.1, 0.15) is 0 Å². The second-order valence-corrected chi connectivity index (χ2v) is 8.78. The quantitative estimate of drug-likeness (QED) is 0.698. The van der Waals surface area contributed by atoms with Crippen LogP contribution in [-0.2, 0) is 0 Å². The third-order valence-electron chi connectivity index (χ3n) is 5.68. The zero-order valence-electron chi connectivity index (χ0n) is 18.4. The summed E-state index contributed by atoms with van der Waals surface area (Å²) in [6, 6.07) is 15.5. The van der Waals surface area contributed by atoms with E-state index in [4.69, 9.17) is 0 Å². The lowest BCUT2D eigenvalue weighted by Crippen LogP contribution is -2.44. The monoisotopic (exact) mass is 407 g/mol. The summed E-state index contributed by atoms with van der Waals surface area (Å²) in [6.07, 6.45) is 2.12. The molecule has 160 valence electrons. The van der Waals surface area contributed by atoms with E-state index in [1.807, 2.05) is 4.90 Å². The van der Waals surface area contributed by atoms with Gasteiger partial charge in [-0.2, -0.15) is 0 Å². The number of anilines is 1. The lowest BCUT2D eigenvalue weighted by Gasteiger charge is -2.40. The number of carbonyl (C=O) groups is 2. The predicted molar refractivity (Wildman–Crippen MR) is 122 cm³/mol. The van der Waals surface area contributed by atoms with Gasteiger partial charge in [-0.3, -0.25) is 4.79 Å². The number of urea groups is 1. The Labute approximate surface area is 179 Å². The molecule has 3 rings (SSSR count). The highest BCUT2D eigenvalue weighted by Gasteiger charge is 2.33. The molecule has 0 bridgehead atoms. The van der Waals surface area contributed by atoms with Crippen LogP contribution in [0.2, 0.25) is 0 Å². The number of rotatable bonds is 5. The van der Waals surface area contributed by atoms with E-state index in [2.05, 4.69) is 62.6 Å². The Bertz CT molecular complexity index is 859. The Morgan fingerprint density at radius 3 is 2.37 bits per heavy atom. The summed E-state index contributed by atoms with van der Waals surface area (Å²) < 4.78 is 0. The van der Waals surface area contributed by atoms with Gasteiger partial charge in [-0.1, -0.05) is 50.6 Å². The Hall–Kier alpha value is -2.82. The first-order valence-corrected chi connectivity index (χ1v) is 10.9. The van der Waals surface area contributed by atoms with Gasteiger partial charge in [0.15, 0.2) is 0 Å². The van der Waals surface area contributed by atoms with Crippen molar-refractivity contribution < 1.29 is 9.59 Å². The average molecular weight is 408 g/mol. The molecule has 0 radical (unpaired) electrons. The molecule has 0 aliphatic carbocycles. The first kappa shape index (κ1) is 21.9. The van der Waals surface area contributed by atoms with Gasteiger partial charge < -0.3 is 15.5 Å². The van der Waals surface area contributed by atoms with Crippen LogP contribution in [-0.4, -0.2) is 29.9 Å². The molecule has 2 unspecified atom stereocenters. The van der Waals surface area contributed by atoms with E-state index in [9.17, 15) is 9.59 Å². The molecular formula is C25H33N3O2. The van der Waals surface area contributed by atoms with Gasteiger partial charge in [-0.15, -0.1) is 0 Å². The highest BCUT2D eigenvalue weighted by atomic mass is 16.2. The molecule has 0 saturated carbocycles. The number of hydrogen-bond acceptors (Lipinski definition) is 2. The maximum absolute atomic E-state index is 13.1. The molecule has 2 N–H and O–H groups in total. The molecule has 1 aliphatic heterocycles. The van der Waals surface area contributed by atoms with Crippen molar-refractivity contribution >= 4 is 17.6 Å². The van der Waals surface area contributed by atoms with E-state index in [1.54, 1.807) is 24.3 Å². The largest absolute Gasteiger partial charge is 0.352 e. The molecule has 3 amide bonds. The van der Waals surface area contributed by atoms with E-state index >= 15 is 0 Å². The maximum atomic E-state index is 13.1. The van der Waals surface area contributed by atoms with Crippen LogP contribution in [0.15, 0.2) is 48.5 Å². The van der Waals surface area contributed by atoms with Crippen molar-refractivity contribution in [3.63, 3.8) is 0 Å². The minimum atomic E-state index is -0.0934. The van der Waals surface area contributed by atoms with Gasteiger partial charge in [-0.05, 0) is 61.4 Å². The highest BCUT2D eigenvalue weighted by molar-refractivity contribution is 5.95. The van der Waals surface area contributed by atoms with Gasteiger partial charge in [0, 0.05) is 24.3 Å². The number of aryl methyl sites for hydroxylation is 1. The first-order valence-electron chi connectivity index (χ1n) is 10.9. The molecule has 2 aromatic rings. The van der Waals surface area contributed by atoms with Gasteiger partial charge in [0.05, 0.1) is 6.04 Å². The van der Waals surface area contributed by atoms with Crippen LogP contribution >= 0.6 is 0 Å². The molecule has 30 heavy (non-hydrogen) atoms. The fourth-order valence-electron chi connectivity index (χ4n) is 3.99. The van der Waals surface area contributed by atoms with Gasteiger partial charge in [0.2, 0.25) is 0 Å². The van der Waals surface area contributed by atoms with E-state index in [-0.39, 0.29) is 18.0 Å². The maximum Gasteiger partial charge on any atom is 0.322 e. The summed E-state index contributed by atoms with van der Waals surface area (Å²) in [5.74, 6) is 0.714. The highest BCUT2D eigenvalue weighted by Crippen LogP contribution is 2.36. The number of amides is 3. The smallest absolute Gasteiger partial charge is 0.322 e. The molecule has 1 heterocycles. The summed E-state index contributed by atoms with van der Waals surface area (Å²) in [7, 11) is 0. The summed E-state index contributed by atoms with van der Waals surface area (Å²) in [5, 5.41) is 5.92. The Balaban J connectivity index is 1.69. The summed E-state index contributed by atoms with van der Waals surface area (Å²) in [6.45, 7) is 9.80. The van der Waals surface area contributed by atoms with Gasteiger partial charge >= 0.3 is 6.03 Å². The molecule has 1 saturated heterocycles. The number of nitrogens with zero attached hydrogens (tertiary/aromatic N) is 1. The predicted octanol–water partition coefficient (Wildman–Crippen LogP) is 5.39. The van der Waals surface area contributed by atoms with Gasteiger partial charge in [-0.25, -0.2) is 4.79 Å². The second-order valence-electron chi connectivity index (χ2n) is 8.78. The third kappa shape index (κ3) is 5.41. The molecule has 5 heteroatoms. The lowest BCUT2D eigenvalue weighted by molar-refractivity contribution is 0.0949. The Morgan fingerprint density at radius 1 is 1.07 bits per heavy atom. The second kappa shape index (κ2) is 9.79.